The lowest BCUT2D eigenvalue weighted by molar-refractivity contribution is -0.127. The van der Waals surface area contributed by atoms with Gasteiger partial charge in [0.05, 0.1) is 0 Å². The van der Waals surface area contributed by atoms with Crippen LogP contribution in [-0.2, 0) is 11.8 Å². The molecule has 0 bridgehead atoms. The first-order chi connectivity index (χ1) is 13.1. The highest BCUT2D eigenvalue weighted by Gasteiger charge is 2.30. The van der Waals surface area contributed by atoms with Gasteiger partial charge in [-0.05, 0) is 56.7 Å². The Morgan fingerprint density at radius 2 is 2.04 bits per heavy atom. The highest BCUT2D eigenvalue weighted by Crippen LogP contribution is 2.27. The number of amides is 2. The summed E-state index contributed by atoms with van der Waals surface area (Å²) < 4.78 is 2.03. The van der Waals surface area contributed by atoms with Gasteiger partial charge in [0, 0.05) is 50.0 Å². The highest BCUT2D eigenvalue weighted by atomic mass is 16.2. The monoisotopic (exact) mass is 367 g/mol. The number of nitrogens with zero attached hydrogens (tertiary/aromatic N) is 3. The molecule has 27 heavy (non-hydrogen) atoms. The zero-order valence-electron chi connectivity index (χ0n) is 16.4. The minimum absolute atomic E-state index is 0.130. The third-order valence-electron chi connectivity index (χ3n) is 6.32. The maximum atomic E-state index is 13.4. The largest absolute Gasteiger partial charge is 0.343 e. The van der Waals surface area contributed by atoms with E-state index in [4.69, 9.17) is 0 Å². The minimum Gasteiger partial charge on any atom is -0.343 e. The Balaban J connectivity index is 1.54. The second-order valence-corrected chi connectivity index (χ2v) is 8.02. The van der Waals surface area contributed by atoms with E-state index in [0.29, 0.717) is 6.42 Å². The predicted molar refractivity (Wildman–Crippen MR) is 107 cm³/mol. The number of aryl methyl sites for hydroxylation is 2. The number of fused-ring (bicyclic) bond motifs is 1. The Hall–Kier alpha value is -2.30. The number of hydrogen-bond donors (Lipinski definition) is 0. The van der Waals surface area contributed by atoms with E-state index in [-0.39, 0.29) is 17.9 Å². The van der Waals surface area contributed by atoms with Gasteiger partial charge >= 0.3 is 0 Å². The Bertz CT molecular complexity index is 870. The molecule has 4 rings (SSSR count). The van der Waals surface area contributed by atoms with E-state index in [9.17, 15) is 9.59 Å². The number of carbonyl (C=O) groups is 2. The van der Waals surface area contributed by atoms with E-state index >= 15 is 0 Å². The summed E-state index contributed by atoms with van der Waals surface area (Å²) in [6, 6.07) is 8.49. The lowest BCUT2D eigenvalue weighted by Crippen LogP contribution is -2.45. The molecule has 5 heteroatoms. The molecule has 2 aromatic rings. The standard InChI is InChI=1S/C22H29N3O2/c1-16-7-5-9-19-18(16)15-20(23(19)2)22(27)25-13-4-3-8-17(25)11-14-24-12-6-10-21(24)26/h5,7,9,15,17H,3-4,6,8,10-14H2,1-2H3/t17-/m0/s1. The van der Waals surface area contributed by atoms with Crippen LogP contribution in [0.1, 0.15) is 54.6 Å². The lowest BCUT2D eigenvalue weighted by atomic mass is 9.98. The molecule has 1 aromatic carbocycles. The van der Waals surface area contributed by atoms with Crippen molar-refractivity contribution in [3.8, 4) is 0 Å². The molecule has 5 nitrogen and oxygen atoms in total. The van der Waals surface area contributed by atoms with Gasteiger partial charge in [-0.15, -0.1) is 0 Å². The molecule has 2 fully saturated rings. The molecular formula is C22H29N3O2. The summed E-state index contributed by atoms with van der Waals surface area (Å²) in [5, 5.41) is 1.15. The van der Waals surface area contributed by atoms with Crippen LogP contribution in [0.2, 0.25) is 0 Å². The van der Waals surface area contributed by atoms with Gasteiger partial charge in [-0.2, -0.15) is 0 Å². The van der Waals surface area contributed by atoms with Crippen molar-refractivity contribution in [2.45, 2.75) is 51.5 Å². The van der Waals surface area contributed by atoms with Gasteiger partial charge in [-0.25, -0.2) is 0 Å². The molecule has 0 spiro atoms. The van der Waals surface area contributed by atoms with E-state index in [1.807, 2.05) is 28.6 Å². The van der Waals surface area contributed by atoms with Crippen molar-refractivity contribution in [1.82, 2.24) is 14.4 Å². The molecular weight excluding hydrogens is 338 g/mol. The third kappa shape index (κ3) is 3.35. The van der Waals surface area contributed by atoms with E-state index in [2.05, 4.69) is 24.0 Å². The van der Waals surface area contributed by atoms with E-state index in [0.717, 1.165) is 68.3 Å². The van der Waals surface area contributed by atoms with Crippen molar-refractivity contribution in [1.29, 1.82) is 0 Å². The van der Waals surface area contributed by atoms with E-state index < -0.39 is 0 Å². The molecule has 2 aliphatic rings. The number of piperidine rings is 1. The minimum atomic E-state index is 0.130. The molecule has 144 valence electrons. The third-order valence-corrected chi connectivity index (χ3v) is 6.32. The number of benzene rings is 1. The van der Waals surface area contributed by atoms with Crippen molar-refractivity contribution < 1.29 is 9.59 Å². The van der Waals surface area contributed by atoms with Crippen LogP contribution < -0.4 is 0 Å². The summed E-state index contributed by atoms with van der Waals surface area (Å²) in [7, 11) is 1.98. The van der Waals surface area contributed by atoms with Crippen LogP contribution in [0.4, 0.5) is 0 Å². The Morgan fingerprint density at radius 1 is 1.19 bits per heavy atom. The van der Waals surface area contributed by atoms with Crippen LogP contribution in [0.25, 0.3) is 10.9 Å². The molecule has 2 aliphatic heterocycles. The van der Waals surface area contributed by atoms with Gasteiger partial charge in [0.15, 0.2) is 0 Å². The Morgan fingerprint density at radius 3 is 2.78 bits per heavy atom. The molecule has 1 atom stereocenters. The first-order valence-corrected chi connectivity index (χ1v) is 10.2. The van der Waals surface area contributed by atoms with Crippen LogP contribution >= 0.6 is 0 Å². The van der Waals surface area contributed by atoms with Gasteiger partial charge in [0.25, 0.3) is 5.91 Å². The van der Waals surface area contributed by atoms with Crippen molar-refractivity contribution in [2.24, 2.45) is 7.05 Å². The molecule has 2 saturated heterocycles. The predicted octanol–water partition coefficient (Wildman–Crippen LogP) is 3.49. The molecule has 3 heterocycles. The molecule has 0 saturated carbocycles. The van der Waals surface area contributed by atoms with Crippen LogP contribution in [-0.4, -0.2) is 51.9 Å². The van der Waals surface area contributed by atoms with E-state index in [1.54, 1.807) is 0 Å². The zero-order chi connectivity index (χ0) is 19.0. The van der Waals surface area contributed by atoms with Crippen LogP contribution in [0.5, 0.6) is 0 Å². The van der Waals surface area contributed by atoms with Crippen molar-refractivity contribution in [3.63, 3.8) is 0 Å². The normalized spacial score (nSPS) is 20.7. The van der Waals surface area contributed by atoms with E-state index in [1.165, 1.54) is 5.56 Å². The maximum absolute atomic E-state index is 13.4. The summed E-state index contributed by atoms with van der Waals surface area (Å²) in [6.07, 6.45) is 5.81. The Labute approximate surface area is 160 Å². The fraction of sp³-hybridized carbons (Fsp3) is 0.545. The number of aromatic nitrogens is 1. The summed E-state index contributed by atoms with van der Waals surface area (Å²) in [4.78, 5) is 29.3. The summed E-state index contributed by atoms with van der Waals surface area (Å²) >= 11 is 0. The molecule has 0 radical (unpaired) electrons. The van der Waals surface area contributed by atoms with Crippen molar-refractivity contribution >= 4 is 22.7 Å². The number of rotatable bonds is 4. The van der Waals surface area contributed by atoms with Crippen LogP contribution in [0.3, 0.4) is 0 Å². The molecule has 0 N–H and O–H groups in total. The summed E-state index contributed by atoms with van der Waals surface area (Å²) in [6.45, 7) is 4.56. The number of likely N-dealkylation sites (tertiary alicyclic amines) is 2. The number of hydrogen-bond acceptors (Lipinski definition) is 2. The fourth-order valence-electron chi connectivity index (χ4n) is 4.67. The van der Waals surface area contributed by atoms with Gasteiger partial charge in [-0.1, -0.05) is 12.1 Å². The quantitative estimate of drug-likeness (QED) is 0.830. The smallest absolute Gasteiger partial charge is 0.270 e. The summed E-state index contributed by atoms with van der Waals surface area (Å²) in [5.41, 5.74) is 3.07. The van der Waals surface area contributed by atoms with Gasteiger partial charge in [-0.3, -0.25) is 9.59 Å². The lowest BCUT2D eigenvalue weighted by Gasteiger charge is -2.36. The average molecular weight is 367 g/mol. The SMILES string of the molecule is Cc1cccc2c1cc(C(=O)N1CCCC[C@H]1CCN1CCCC1=O)n2C. The first-order valence-electron chi connectivity index (χ1n) is 10.2. The second-order valence-electron chi connectivity index (χ2n) is 8.02. The van der Waals surface area contributed by atoms with Gasteiger partial charge in [0.2, 0.25) is 5.91 Å². The number of carbonyl (C=O) groups excluding carboxylic acids is 2. The second kappa shape index (κ2) is 7.37. The summed E-state index contributed by atoms with van der Waals surface area (Å²) in [5.74, 6) is 0.401. The van der Waals surface area contributed by atoms with Crippen molar-refractivity contribution in [3.05, 3.63) is 35.5 Å². The average Bonchev–Trinajstić information content (AvgIpc) is 3.24. The van der Waals surface area contributed by atoms with Crippen LogP contribution in [0, 0.1) is 6.92 Å². The highest BCUT2D eigenvalue weighted by molar-refractivity contribution is 5.99. The first kappa shape index (κ1) is 18.1. The van der Waals surface area contributed by atoms with Crippen LogP contribution in [0.15, 0.2) is 24.3 Å². The zero-order valence-corrected chi connectivity index (χ0v) is 16.4. The molecule has 0 unspecified atom stereocenters. The van der Waals surface area contributed by atoms with Crippen molar-refractivity contribution in [2.75, 3.05) is 19.6 Å². The topological polar surface area (TPSA) is 45.6 Å². The maximum Gasteiger partial charge on any atom is 0.270 e. The molecule has 0 aliphatic carbocycles. The fourth-order valence-corrected chi connectivity index (χ4v) is 4.67. The molecule has 1 aromatic heterocycles. The molecule has 2 amide bonds. The van der Waals surface area contributed by atoms with Gasteiger partial charge < -0.3 is 14.4 Å². The Kier molecular flexibility index (Phi) is 4.94. The van der Waals surface area contributed by atoms with Gasteiger partial charge in [0.1, 0.15) is 5.69 Å².